The summed E-state index contributed by atoms with van der Waals surface area (Å²) in [6.45, 7) is 10.4. The SMILES string of the molecule is CCOC(=O)N1CCC(NC(=NC)NCCN(C(=O)OC(C)(C)C)C2CC2)CC1. The summed E-state index contributed by atoms with van der Waals surface area (Å²) in [6.07, 6.45) is 3.25. The van der Waals surface area contributed by atoms with Gasteiger partial charge in [-0.1, -0.05) is 0 Å². The van der Waals surface area contributed by atoms with Gasteiger partial charge >= 0.3 is 12.2 Å². The molecule has 0 bridgehead atoms. The van der Waals surface area contributed by atoms with Crippen LogP contribution in [-0.4, -0.2) is 85.5 Å². The van der Waals surface area contributed by atoms with Gasteiger partial charge in [0, 0.05) is 45.3 Å². The Morgan fingerprint density at radius 1 is 1.17 bits per heavy atom. The average molecular weight is 412 g/mol. The summed E-state index contributed by atoms with van der Waals surface area (Å²) in [6, 6.07) is 0.533. The van der Waals surface area contributed by atoms with Crippen molar-refractivity contribution in [2.24, 2.45) is 4.99 Å². The summed E-state index contributed by atoms with van der Waals surface area (Å²) in [5, 5.41) is 6.69. The van der Waals surface area contributed by atoms with E-state index in [2.05, 4.69) is 15.6 Å². The van der Waals surface area contributed by atoms with Crippen molar-refractivity contribution in [3.8, 4) is 0 Å². The molecule has 0 aromatic carbocycles. The zero-order chi connectivity index (χ0) is 21.4. The molecule has 0 aromatic heterocycles. The van der Waals surface area contributed by atoms with E-state index in [-0.39, 0.29) is 24.3 Å². The number of carbonyl (C=O) groups excluding carboxylic acids is 2. The molecule has 0 radical (unpaired) electrons. The molecule has 9 heteroatoms. The molecule has 2 amide bonds. The second kappa shape index (κ2) is 10.5. The predicted molar refractivity (Wildman–Crippen MR) is 112 cm³/mol. The summed E-state index contributed by atoms with van der Waals surface area (Å²) < 4.78 is 10.6. The maximum Gasteiger partial charge on any atom is 0.410 e. The van der Waals surface area contributed by atoms with Crippen LogP contribution in [-0.2, 0) is 9.47 Å². The first-order chi connectivity index (χ1) is 13.7. The highest BCUT2D eigenvalue weighted by molar-refractivity contribution is 5.80. The number of guanidine groups is 1. The molecule has 2 rings (SSSR count). The standard InChI is InChI=1S/C20H37N5O4/c1-6-28-18(26)24-12-9-15(10-13-24)23-17(21-5)22-11-14-25(16-7-8-16)19(27)29-20(2,3)4/h15-16H,6-14H2,1-5H3,(H2,21,22,23). The van der Waals surface area contributed by atoms with Crippen molar-refractivity contribution in [3.63, 3.8) is 0 Å². The lowest BCUT2D eigenvalue weighted by molar-refractivity contribution is 0.0237. The molecule has 1 saturated heterocycles. The summed E-state index contributed by atoms with van der Waals surface area (Å²) in [5.41, 5.74) is -0.492. The van der Waals surface area contributed by atoms with E-state index in [9.17, 15) is 9.59 Å². The lowest BCUT2D eigenvalue weighted by Crippen LogP contribution is -2.51. The molecule has 0 aromatic rings. The van der Waals surface area contributed by atoms with E-state index >= 15 is 0 Å². The Bertz CT molecular complexity index is 578. The maximum absolute atomic E-state index is 12.4. The predicted octanol–water partition coefficient (Wildman–Crippen LogP) is 2.17. The van der Waals surface area contributed by atoms with Gasteiger partial charge in [-0.2, -0.15) is 0 Å². The molecule has 2 aliphatic rings. The van der Waals surface area contributed by atoms with Crippen molar-refractivity contribution in [2.45, 2.75) is 71.1 Å². The van der Waals surface area contributed by atoms with Crippen molar-refractivity contribution < 1.29 is 19.1 Å². The van der Waals surface area contributed by atoms with E-state index in [4.69, 9.17) is 9.47 Å². The van der Waals surface area contributed by atoms with Crippen LogP contribution in [0.15, 0.2) is 4.99 Å². The van der Waals surface area contributed by atoms with Gasteiger partial charge in [0.25, 0.3) is 0 Å². The van der Waals surface area contributed by atoms with Gasteiger partial charge in [-0.15, -0.1) is 0 Å². The molecule has 0 atom stereocenters. The Hall–Kier alpha value is -2.19. The number of likely N-dealkylation sites (tertiary alicyclic amines) is 1. The van der Waals surface area contributed by atoms with Gasteiger partial charge in [-0.05, 0) is 53.4 Å². The van der Waals surface area contributed by atoms with Gasteiger partial charge in [0.05, 0.1) is 6.61 Å². The van der Waals surface area contributed by atoms with Crippen molar-refractivity contribution in [3.05, 3.63) is 0 Å². The first-order valence-corrected chi connectivity index (χ1v) is 10.6. The highest BCUT2D eigenvalue weighted by Gasteiger charge is 2.35. The first kappa shape index (κ1) is 23.1. The molecule has 1 saturated carbocycles. The Morgan fingerprint density at radius 2 is 1.83 bits per heavy atom. The van der Waals surface area contributed by atoms with Gasteiger partial charge in [0.15, 0.2) is 5.96 Å². The number of hydrogen-bond acceptors (Lipinski definition) is 5. The molecule has 1 aliphatic heterocycles. The van der Waals surface area contributed by atoms with Crippen LogP contribution in [0, 0.1) is 0 Å². The summed E-state index contributed by atoms with van der Waals surface area (Å²) in [7, 11) is 1.73. The van der Waals surface area contributed by atoms with Gasteiger partial charge < -0.3 is 29.9 Å². The molecule has 0 spiro atoms. The van der Waals surface area contributed by atoms with Crippen molar-refractivity contribution in [1.82, 2.24) is 20.4 Å². The van der Waals surface area contributed by atoms with Crippen LogP contribution >= 0.6 is 0 Å². The Labute approximate surface area is 174 Å². The fraction of sp³-hybridized carbons (Fsp3) is 0.850. The van der Waals surface area contributed by atoms with Crippen LogP contribution in [0.4, 0.5) is 9.59 Å². The smallest absolute Gasteiger partial charge is 0.410 e. The number of amides is 2. The fourth-order valence-corrected chi connectivity index (χ4v) is 3.23. The average Bonchev–Trinajstić information content (AvgIpc) is 3.48. The number of ether oxygens (including phenoxy) is 2. The lowest BCUT2D eigenvalue weighted by Gasteiger charge is -2.32. The van der Waals surface area contributed by atoms with Gasteiger partial charge in [0.1, 0.15) is 5.60 Å². The molecular weight excluding hydrogens is 374 g/mol. The van der Waals surface area contributed by atoms with Gasteiger partial charge in [0.2, 0.25) is 0 Å². The minimum Gasteiger partial charge on any atom is -0.450 e. The summed E-state index contributed by atoms with van der Waals surface area (Å²) in [4.78, 5) is 32.1. The molecule has 0 unspecified atom stereocenters. The lowest BCUT2D eigenvalue weighted by atomic mass is 10.1. The first-order valence-electron chi connectivity index (χ1n) is 10.6. The normalized spacial score (nSPS) is 18.2. The third kappa shape index (κ3) is 7.98. The summed E-state index contributed by atoms with van der Waals surface area (Å²) >= 11 is 0. The third-order valence-electron chi connectivity index (χ3n) is 4.85. The van der Waals surface area contributed by atoms with Crippen LogP contribution in [0.1, 0.15) is 53.4 Å². The Morgan fingerprint density at radius 3 is 2.34 bits per heavy atom. The minimum atomic E-state index is -0.492. The van der Waals surface area contributed by atoms with E-state index in [1.807, 2.05) is 32.6 Å². The number of aliphatic imine (C=N–C) groups is 1. The summed E-state index contributed by atoms with van der Waals surface area (Å²) in [5.74, 6) is 0.708. The molecular formula is C20H37N5O4. The molecule has 166 valence electrons. The largest absolute Gasteiger partial charge is 0.450 e. The van der Waals surface area contributed by atoms with Crippen LogP contribution in [0.25, 0.3) is 0 Å². The second-order valence-corrected chi connectivity index (χ2v) is 8.51. The highest BCUT2D eigenvalue weighted by Crippen LogP contribution is 2.28. The Balaban J connectivity index is 1.73. The minimum absolute atomic E-state index is 0.240. The van der Waals surface area contributed by atoms with Gasteiger partial charge in [-0.3, -0.25) is 4.99 Å². The number of hydrogen-bond donors (Lipinski definition) is 2. The van der Waals surface area contributed by atoms with E-state index in [1.165, 1.54) is 0 Å². The quantitative estimate of drug-likeness (QED) is 0.514. The highest BCUT2D eigenvalue weighted by atomic mass is 16.6. The number of nitrogens with zero attached hydrogens (tertiary/aromatic N) is 3. The fourth-order valence-electron chi connectivity index (χ4n) is 3.23. The van der Waals surface area contributed by atoms with Crippen molar-refractivity contribution in [1.29, 1.82) is 0 Å². The van der Waals surface area contributed by atoms with Gasteiger partial charge in [-0.25, -0.2) is 9.59 Å². The molecule has 2 N–H and O–H groups in total. The van der Waals surface area contributed by atoms with Crippen LogP contribution in [0.3, 0.4) is 0 Å². The van der Waals surface area contributed by atoms with Crippen LogP contribution < -0.4 is 10.6 Å². The van der Waals surface area contributed by atoms with Crippen molar-refractivity contribution >= 4 is 18.1 Å². The second-order valence-electron chi connectivity index (χ2n) is 8.51. The third-order valence-corrected chi connectivity index (χ3v) is 4.85. The van der Waals surface area contributed by atoms with E-state index < -0.39 is 5.60 Å². The van der Waals surface area contributed by atoms with E-state index in [1.54, 1.807) is 11.9 Å². The molecule has 9 nitrogen and oxygen atoms in total. The molecule has 2 fully saturated rings. The monoisotopic (exact) mass is 411 g/mol. The number of rotatable bonds is 6. The zero-order valence-electron chi connectivity index (χ0n) is 18.5. The number of nitrogens with one attached hydrogen (secondary N) is 2. The Kier molecular flexibility index (Phi) is 8.40. The topological polar surface area (TPSA) is 95.5 Å². The van der Waals surface area contributed by atoms with Crippen LogP contribution in [0.5, 0.6) is 0 Å². The molecule has 1 heterocycles. The van der Waals surface area contributed by atoms with Crippen LogP contribution in [0.2, 0.25) is 0 Å². The van der Waals surface area contributed by atoms with E-state index in [0.29, 0.717) is 38.7 Å². The number of piperidine rings is 1. The van der Waals surface area contributed by atoms with E-state index in [0.717, 1.165) is 25.7 Å². The zero-order valence-corrected chi connectivity index (χ0v) is 18.5. The maximum atomic E-state index is 12.4. The molecule has 29 heavy (non-hydrogen) atoms. The molecule has 1 aliphatic carbocycles. The number of carbonyl (C=O) groups is 2. The van der Waals surface area contributed by atoms with Crippen molar-refractivity contribution in [2.75, 3.05) is 39.8 Å².